The molecule has 0 rings (SSSR count). The summed E-state index contributed by atoms with van der Waals surface area (Å²) in [7, 11) is 0. The monoisotopic (exact) mass is 155 g/mol. The Kier molecular flexibility index (Phi) is 2.65. The molecule has 6 nitrogen and oxygen atoms in total. The van der Waals surface area contributed by atoms with Crippen molar-refractivity contribution in [1.82, 2.24) is 0 Å². The molecule has 10 heavy (non-hydrogen) atoms. The minimum Gasteiger partial charge on any atom is -0.480 e. The third-order valence-corrected chi connectivity index (χ3v) is 0.488. The number of hydrogen-bond acceptors (Lipinski definition) is 3. The average molecular weight is 155 g/mol. The van der Waals surface area contributed by atoms with E-state index in [1.165, 1.54) is 0 Å². The van der Waals surface area contributed by atoms with Gasteiger partial charge in [-0.3, -0.25) is 9.59 Å². The van der Waals surface area contributed by atoms with Gasteiger partial charge in [-0.15, -0.1) is 0 Å². The van der Waals surface area contributed by atoms with Crippen LogP contribution in [0.15, 0.2) is 0 Å². The number of carboxylic acids is 1. The number of carbonyl (C=O) groups excluding carboxylic acids is 1. The fraction of sp³-hybridized carbons (Fsp3) is 0.500. The predicted octanol–water partition coefficient (Wildman–Crippen LogP) is -2.55. The van der Waals surface area contributed by atoms with Crippen LogP contribution in [0.4, 0.5) is 0 Å². The van der Waals surface area contributed by atoms with Crippen LogP contribution in [0.3, 0.4) is 0 Å². The third kappa shape index (κ3) is 5.01. The average Bonchev–Trinajstić information content (AvgIpc) is 1.86. The molecule has 0 bridgehead atoms. The lowest BCUT2D eigenvalue weighted by Crippen LogP contribution is -2.34. The number of amides is 1. The molecule has 1 atom stereocenters. The van der Waals surface area contributed by atoms with Gasteiger partial charge in [0.2, 0.25) is 5.91 Å². The van der Waals surface area contributed by atoms with Gasteiger partial charge in [-0.1, -0.05) is 0 Å². The second kappa shape index (κ2) is 4.71. The van der Waals surface area contributed by atoms with E-state index in [9.17, 15) is 9.59 Å². The van der Waals surface area contributed by atoms with Gasteiger partial charge in [0, 0.05) is 2.74 Å². The summed E-state index contributed by atoms with van der Waals surface area (Å²) in [5.74, 6) is -3.53. The van der Waals surface area contributed by atoms with Crippen molar-refractivity contribution in [3.63, 3.8) is 0 Å². The number of aliphatic carboxylic acids is 1. The molecule has 0 aromatic carbocycles. The van der Waals surface area contributed by atoms with Gasteiger partial charge in [-0.25, -0.2) is 0 Å². The SMILES string of the molecule is O.[2H]C([2H])(C([15NH2])=O)[C@]([2H])([15NH2])C(=O)O. The minimum absolute atomic E-state index is 0. The second-order valence-corrected chi connectivity index (χ2v) is 1.21. The molecule has 0 fully saturated rings. The van der Waals surface area contributed by atoms with Gasteiger partial charge in [0.1, 0.15) is 6.02 Å². The Bertz CT molecular complexity index is 205. The first-order valence-corrected chi connectivity index (χ1v) is 1.96. The summed E-state index contributed by atoms with van der Waals surface area (Å²) < 4.78 is 20.4. The van der Waals surface area contributed by atoms with E-state index in [1.807, 2.05) is 0 Å². The zero-order valence-electron chi connectivity index (χ0n) is 7.92. The fourth-order valence-corrected chi connectivity index (χ4v) is 0.186. The van der Waals surface area contributed by atoms with Gasteiger partial charge in [0.05, 0.1) is 7.74 Å². The number of nitrogens with two attached hydrogens (primary N) is 2. The van der Waals surface area contributed by atoms with Crippen molar-refractivity contribution in [2.24, 2.45) is 11.5 Å². The van der Waals surface area contributed by atoms with Gasteiger partial charge >= 0.3 is 5.97 Å². The summed E-state index contributed by atoms with van der Waals surface area (Å²) >= 11 is 0. The molecule has 6 heteroatoms. The van der Waals surface area contributed by atoms with Crippen molar-refractivity contribution in [1.29, 1.82) is 0 Å². The Balaban J connectivity index is 0. The second-order valence-electron chi connectivity index (χ2n) is 1.21. The Morgan fingerprint density at radius 2 is 2.20 bits per heavy atom. The van der Waals surface area contributed by atoms with Crippen LogP contribution in [0.5, 0.6) is 0 Å². The Hall–Kier alpha value is -1.14. The fourth-order valence-electron chi connectivity index (χ4n) is 0.186. The van der Waals surface area contributed by atoms with Crippen LogP contribution in [0.1, 0.15) is 10.5 Å². The molecule has 0 radical (unpaired) electrons. The molecule has 0 spiro atoms. The third-order valence-electron chi connectivity index (χ3n) is 0.488. The van der Waals surface area contributed by atoms with Crippen LogP contribution < -0.4 is 11.5 Å². The summed E-state index contributed by atoms with van der Waals surface area (Å²) in [5.41, 5.74) is 9.25. The topological polar surface area (TPSA) is 138 Å². The highest BCUT2D eigenvalue weighted by atomic mass is 16.4. The first-order chi connectivity index (χ1) is 5.14. The first kappa shape index (κ1) is 5.63. The highest BCUT2D eigenvalue weighted by molar-refractivity contribution is 5.82. The van der Waals surface area contributed by atoms with Gasteiger partial charge in [0.25, 0.3) is 0 Å². The van der Waals surface area contributed by atoms with Crippen molar-refractivity contribution < 1.29 is 24.3 Å². The molecular weight excluding hydrogens is 142 g/mol. The number of rotatable bonds is 3. The van der Waals surface area contributed by atoms with Gasteiger partial charge in [0.15, 0.2) is 0 Å². The van der Waals surface area contributed by atoms with Crippen LogP contribution >= 0.6 is 0 Å². The van der Waals surface area contributed by atoms with E-state index in [2.05, 4.69) is 5.73 Å². The molecule has 0 unspecified atom stereocenters. The van der Waals surface area contributed by atoms with Crippen molar-refractivity contribution in [2.45, 2.75) is 12.4 Å². The van der Waals surface area contributed by atoms with E-state index < -0.39 is 24.3 Å². The molecule has 0 aliphatic carbocycles. The van der Waals surface area contributed by atoms with Gasteiger partial charge in [-0.2, -0.15) is 0 Å². The number of carboxylic acid groups (broad SMARTS) is 1. The summed E-state index contributed by atoms with van der Waals surface area (Å²) in [6.07, 6.45) is -3.10. The molecule has 0 heterocycles. The first-order valence-electron chi connectivity index (χ1n) is 3.46. The van der Waals surface area contributed by atoms with Crippen LogP contribution in [-0.4, -0.2) is 28.5 Å². The lowest BCUT2D eigenvalue weighted by atomic mass is 10.2. The summed E-state index contributed by atoms with van der Waals surface area (Å²) in [6.45, 7) is 0. The maximum atomic E-state index is 10.4. The van der Waals surface area contributed by atoms with Crippen LogP contribution in [-0.2, 0) is 9.59 Å². The van der Waals surface area contributed by atoms with Crippen LogP contribution in [0.2, 0.25) is 0 Å². The number of hydrogen-bond donors (Lipinski definition) is 3. The van der Waals surface area contributed by atoms with Gasteiger partial charge < -0.3 is 22.1 Å². The zero-order chi connectivity index (χ0) is 10.2. The minimum atomic E-state index is -3.10. The molecule has 1 amide bonds. The van der Waals surface area contributed by atoms with Crippen LogP contribution in [0.25, 0.3) is 0 Å². The maximum absolute atomic E-state index is 10.4. The lowest BCUT2D eigenvalue weighted by Gasteiger charge is -1.99. The van der Waals surface area contributed by atoms with E-state index in [1.54, 1.807) is 0 Å². The van der Waals surface area contributed by atoms with Crippen molar-refractivity contribution in [3.8, 4) is 0 Å². The van der Waals surface area contributed by atoms with Crippen molar-refractivity contribution in [2.75, 3.05) is 0 Å². The highest BCUT2D eigenvalue weighted by Crippen LogP contribution is 1.84. The Morgan fingerprint density at radius 3 is 2.30 bits per heavy atom. The lowest BCUT2D eigenvalue weighted by molar-refractivity contribution is -0.140. The smallest absolute Gasteiger partial charge is 0.321 e. The zero-order valence-corrected chi connectivity index (χ0v) is 4.92. The van der Waals surface area contributed by atoms with Crippen molar-refractivity contribution >= 4 is 11.9 Å². The van der Waals surface area contributed by atoms with E-state index >= 15 is 0 Å². The van der Waals surface area contributed by atoms with Gasteiger partial charge in [-0.05, 0) is 0 Å². The summed E-state index contributed by atoms with van der Waals surface area (Å²) in [6, 6.07) is -3.06. The molecule has 7 N–H and O–H groups in total. The van der Waals surface area contributed by atoms with E-state index in [0.717, 1.165) is 0 Å². The summed E-state index contributed by atoms with van der Waals surface area (Å²) in [4.78, 5) is 20.6. The van der Waals surface area contributed by atoms with Crippen LogP contribution in [0, 0.1) is 0 Å². The largest absolute Gasteiger partial charge is 0.480 e. The van der Waals surface area contributed by atoms with E-state index in [0.29, 0.717) is 0 Å². The molecular formula is C4H10N2O4. The van der Waals surface area contributed by atoms with E-state index in [4.69, 9.17) is 15.0 Å². The highest BCUT2D eigenvalue weighted by Gasteiger charge is 2.13. The van der Waals surface area contributed by atoms with E-state index in [-0.39, 0.29) is 5.48 Å². The number of carbonyl (C=O) groups is 2. The quantitative estimate of drug-likeness (QED) is 0.386. The molecule has 0 aliphatic rings. The maximum Gasteiger partial charge on any atom is 0.321 e. The standard InChI is InChI=1S/C4H8N2O3.H2O/c5-2(4(8)9)1-3(6)7;/h2H,1,5H2,(H2,6,7)(H,8,9);1H2/t2-;/m0./s1/i1D2,2D,5+1,6+1;. The molecule has 0 aromatic rings. The Labute approximate surface area is 61.3 Å². The molecule has 0 aromatic heterocycles. The number of primary amides is 1. The predicted molar refractivity (Wildman–Crippen MR) is 33.0 cm³/mol. The normalized spacial score (nSPS) is 20.3. The molecule has 60 valence electrons. The Morgan fingerprint density at radius 1 is 1.80 bits per heavy atom. The molecule has 0 saturated carbocycles. The molecule has 0 saturated heterocycles. The molecule has 0 aliphatic heterocycles. The summed E-state index contributed by atoms with van der Waals surface area (Å²) in [5, 5.41) is 8.27. The van der Waals surface area contributed by atoms with Crippen molar-refractivity contribution in [3.05, 3.63) is 0 Å².